The summed E-state index contributed by atoms with van der Waals surface area (Å²) >= 11 is 0. The van der Waals surface area contributed by atoms with Crippen LogP contribution < -0.4 is 0 Å². The van der Waals surface area contributed by atoms with Gasteiger partial charge in [0.2, 0.25) is 0 Å². The Morgan fingerprint density at radius 3 is 2.49 bits per heavy atom. The first-order valence-corrected chi connectivity index (χ1v) is 15.6. The molecule has 39 heavy (non-hydrogen) atoms. The Bertz CT molecular complexity index is 1120. The van der Waals surface area contributed by atoms with Crippen LogP contribution in [0.5, 0.6) is 0 Å². The predicted octanol–water partition coefficient (Wildman–Crippen LogP) is 7.36. The van der Waals surface area contributed by atoms with Gasteiger partial charge >= 0.3 is 0 Å². The molecule has 4 aliphatic rings. The van der Waals surface area contributed by atoms with Crippen molar-refractivity contribution in [1.29, 1.82) is 0 Å². The number of rotatable bonds is 8. The van der Waals surface area contributed by atoms with Crippen molar-refractivity contribution in [2.75, 3.05) is 0 Å². The van der Waals surface area contributed by atoms with Crippen LogP contribution in [0.2, 0.25) is 0 Å². The molecule has 1 aromatic rings. The molecule has 212 valence electrons. The summed E-state index contributed by atoms with van der Waals surface area (Å²) in [7, 11) is 0. The average molecular weight is 531 g/mol. The third kappa shape index (κ3) is 5.65. The van der Waals surface area contributed by atoms with Crippen LogP contribution in [0.25, 0.3) is 0 Å². The van der Waals surface area contributed by atoms with Gasteiger partial charge in [-0.05, 0) is 103 Å². The number of aliphatic hydroxyl groups is 3. The highest BCUT2D eigenvalue weighted by Gasteiger charge is 2.51. The predicted molar refractivity (Wildman–Crippen MR) is 160 cm³/mol. The molecule has 5 rings (SSSR count). The maximum atomic E-state index is 11.3. The first-order valence-electron chi connectivity index (χ1n) is 15.6. The minimum Gasteiger partial charge on any atom is -0.393 e. The van der Waals surface area contributed by atoms with Crippen LogP contribution in [-0.2, 0) is 11.8 Å². The summed E-state index contributed by atoms with van der Waals surface area (Å²) in [6.45, 7) is 11.2. The number of allylic oxidation sites excluding steroid dienone is 4. The smallest absolute Gasteiger partial charge is 0.0817 e. The molecule has 0 bridgehead atoms. The van der Waals surface area contributed by atoms with Gasteiger partial charge in [0.1, 0.15) is 0 Å². The third-order valence-electron chi connectivity index (χ3n) is 11.0. The highest BCUT2D eigenvalue weighted by atomic mass is 16.3. The molecule has 0 unspecified atom stereocenters. The Morgan fingerprint density at radius 2 is 1.79 bits per heavy atom. The van der Waals surface area contributed by atoms with Gasteiger partial charge in [0.25, 0.3) is 0 Å². The molecule has 7 atom stereocenters. The second-order valence-corrected chi connectivity index (χ2v) is 13.5. The van der Waals surface area contributed by atoms with E-state index >= 15 is 0 Å². The summed E-state index contributed by atoms with van der Waals surface area (Å²) in [5, 5.41) is 31.7. The fraction of sp³-hybridized carbons (Fsp3) is 0.611. The minimum atomic E-state index is -0.635. The van der Waals surface area contributed by atoms with Crippen LogP contribution in [0.3, 0.4) is 0 Å². The van der Waals surface area contributed by atoms with Crippen molar-refractivity contribution in [3.63, 3.8) is 0 Å². The molecule has 4 saturated carbocycles. The van der Waals surface area contributed by atoms with Gasteiger partial charge in [-0.1, -0.05) is 87.9 Å². The van der Waals surface area contributed by atoms with Crippen molar-refractivity contribution in [3.8, 4) is 0 Å². The van der Waals surface area contributed by atoms with Gasteiger partial charge in [-0.25, -0.2) is 0 Å². The van der Waals surface area contributed by atoms with Gasteiger partial charge in [0.05, 0.1) is 18.3 Å². The van der Waals surface area contributed by atoms with Crippen LogP contribution in [0.1, 0.15) is 96.1 Å². The number of fused-ring (bicyclic) bond motifs is 1. The van der Waals surface area contributed by atoms with E-state index in [-0.39, 0.29) is 10.8 Å². The first kappa shape index (κ1) is 28.6. The van der Waals surface area contributed by atoms with E-state index in [0.717, 1.165) is 43.3 Å². The lowest BCUT2D eigenvalue weighted by molar-refractivity contribution is 0.0862. The zero-order chi connectivity index (χ0) is 27.8. The van der Waals surface area contributed by atoms with Crippen molar-refractivity contribution in [1.82, 2.24) is 0 Å². The van der Waals surface area contributed by atoms with Crippen LogP contribution in [0.15, 0.2) is 71.9 Å². The van der Waals surface area contributed by atoms with E-state index in [2.05, 4.69) is 75.9 Å². The lowest BCUT2D eigenvalue weighted by Gasteiger charge is -2.44. The summed E-state index contributed by atoms with van der Waals surface area (Å²) in [6.07, 6.45) is 18.7. The van der Waals surface area contributed by atoms with Gasteiger partial charge < -0.3 is 15.3 Å². The molecule has 3 N–H and O–H groups in total. The van der Waals surface area contributed by atoms with E-state index in [4.69, 9.17) is 0 Å². The zero-order valence-electron chi connectivity index (χ0n) is 24.4. The quantitative estimate of drug-likeness (QED) is 0.308. The van der Waals surface area contributed by atoms with E-state index in [1.54, 1.807) is 0 Å². The van der Waals surface area contributed by atoms with E-state index in [0.29, 0.717) is 30.6 Å². The number of benzene rings is 1. The number of hydrogen-bond donors (Lipinski definition) is 3. The molecule has 3 heteroatoms. The summed E-state index contributed by atoms with van der Waals surface area (Å²) in [4.78, 5) is 0. The van der Waals surface area contributed by atoms with Crippen LogP contribution in [-0.4, -0.2) is 33.6 Å². The summed E-state index contributed by atoms with van der Waals surface area (Å²) in [5.74, 6) is 1.62. The zero-order valence-corrected chi connectivity index (χ0v) is 24.4. The van der Waals surface area contributed by atoms with E-state index in [9.17, 15) is 15.3 Å². The average Bonchev–Trinajstić information content (AvgIpc) is 3.65. The molecular weight excluding hydrogens is 480 g/mol. The summed E-state index contributed by atoms with van der Waals surface area (Å²) in [5.41, 5.74) is 6.14. The monoisotopic (exact) mass is 530 g/mol. The van der Waals surface area contributed by atoms with Crippen LogP contribution in [0, 0.1) is 23.2 Å². The summed E-state index contributed by atoms with van der Waals surface area (Å²) < 4.78 is 0. The third-order valence-corrected chi connectivity index (χ3v) is 11.0. The first-order chi connectivity index (χ1) is 18.7. The molecule has 0 aliphatic heterocycles. The Hall–Kier alpha value is -1.94. The van der Waals surface area contributed by atoms with Crippen molar-refractivity contribution in [2.24, 2.45) is 23.2 Å². The lowest BCUT2D eigenvalue weighted by Crippen LogP contribution is -2.35. The maximum absolute atomic E-state index is 11.3. The number of aryl methyl sites for hydroxylation is 1. The molecule has 1 aromatic carbocycles. The molecular formula is C36H50O3. The molecule has 0 aromatic heterocycles. The van der Waals surface area contributed by atoms with E-state index in [1.807, 2.05) is 0 Å². The molecule has 0 radical (unpaired) electrons. The topological polar surface area (TPSA) is 60.7 Å². The molecule has 4 aliphatic carbocycles. The van der Waals surface area contributed by atoms with Crippen molar-refractivity contribution < 1.29 is 15.3 Å². The SMILES string of the molecule is C=C1C(=CC=C2CCC[C@]3(C)[C@@H]([C@H](C)C=C[C@H](O)C4(c5ccc(CCC)cc5)CC4)CC[C@@H]23)C[C@@H](O)C[C@@H]1O. The molecule has 0 amide bonds. The highest BCUT2D eigenvalue weighted by Crippen LogP contribution is 2.60. The molecule has 0 spiro atoms. The minimum absolute atomic E-state index is 0.0956. The Balaban J connectivity index is 1.27. The second-order valence-electron chi connectivity index (χ2n) is 13.5. The van der Waals surface area contributed by atoms with E-state index in [1.165, 1.54) is 42.4 Å². The fourth-order valence-corrected chi connectivity index (χ4v) is 8.39. The molecule has 0 heterocycles. The Kier molecular flexibility index (Phi) is 8.43. The second kappa shape index (κ2) is 11.5. The van der Waals surface area contributed by atoms with Gasteiger partial charge in [-0.3, -0.25) is 0 Å². The van der Waals surface area contributed by atoms with Gasteiger partial charge in [-0.15, -0.1) is 0 Å². The lowest BCUT2D eigenvalue weighted by atomic mass is 9.61. The molecule has 0 saturated heterocycles. The molecule has 3 nitrogen and oxygen atoms in total. The number of aliphatic hydroxyl groups excluding tert-OH is 3. The highest BCUT2D eigenvalue weighted by molar-refractivity contribution is 5.39. The normalized spacial score (nSPS) is 35.9. The number of hydrogen-bond acceptors (Lipinski definition) is 3. The summed E-state index contributed by atoms with van der Waals surface area (Å²) in [6, 6.07) is 8.98. The standard InChI is InChI=1S/C36H50O3/c1-5-7-26-10-14-29(15-11-26)36(20-21-36)34(39)18-9-24(2)31-16-17-32-27(8-6-19-35(31,32)4)12-13-28-22-30(37)23-33(38)25(28)3/h9-15,18,24,30-34,37-39H,3,5-8,16-17,19-23H2,1-2,4H3/t24-,30-,31-,32+,33+,34+,35-/m1/s1. The van der Waals surface area contributed by atoms with Gasteiger partial charge in [0.15, 0.2) is 0 Å². The van der Waals surface area contributed by atoms with Crippen LogP contribution in [0.4, 0.5) is 0 Å². The van der Waals surface area contributed by atoms with Crippen molar-refractivity contribution >= 4 is 0 Å². The van der Waals surface area contributed by atoms with Gasteiger partial charge in [-0.2, -0.15) is 0 Å². The van der Waals surface area contributed by atoms with Gasteiger partial charge in [0, 0.05) is 11.8 Å². The molecule has 4 fully saturated rings. The maximum Gasteiger partial charge on any atom is 0.0817 e. The van der Waals surface area contributed by atoms with Crippen molar-refractivity contribution in [3.05, 3.63) is 83.0 Å². The largest absolute Gasteiger partial charge is 0.393 e. The fourth-order valence-electron chi connectivity index (χ4n) is 8.39. The Labute approximate surface area is 236 Å². The van der Waals surface area contributed by atoms with Crippen LogP contribution >= 0.6 is 0 Å². The Morgan fingerprint density at radius 1 is 1.05 bits per heavy atom. The van der Waals surface area contributed by atoms with E-state index < -0.39 is 18.3 Å². The van der Waals surface area contributed by atoms with Crippen molar-refractivity contribution in [2.45, 2.75) is 115 Å².